The van der Waals surface area contributed by atoms with Gasteiger partial charge in [-0.2, -0.15) is 4.37 Å². The molecule has 0 unspecified atom stereocenters. The lowest BCUT2D eigenvalue weighted by atomic mass is 10.1. The lowest BCUT2D eigenvalue weighted by molar-refractivity contribution is 0.0695. The summed E-state index contributed by atoms with van der Waals surface area (Å²) in [5.41, 5.74) is 0.117. The molecule has 4 aromatic heterocycles. The summed E-state index contributed by atoms with van der Waals surface area (Å²) in [6, 6.07) is 2.01. The molecule has 5 rings (SSSR count). The summed E-state index contributed by atoms with van der Waals surface area (Å²) in [5, 5.41) is 18.0. The number of carboxylic acid groups (broad SMARTS) is 1. The standard InChI is InChI=1S/C17H14N8O3S/c1-9-4-12(23-5-10(6-23)25-3-2-19-22-25)21-15-13(9)14(26)11(16(27)28)7-24(15)17-18-8-20-29-17/h2-4,7-8,10H,5-6H2,1H3,(H,27,28). The van der Waals surface area contributed by atoms with Crippen molar-refractivity contribution in [2.45, 2.75) is 13.0 Å². The number of hydrogen-bond acceptors (Lipinski definition) is 9. The number of aromatic nitrogens is 7. The Morgan fingerprint density at radius 3 is 2.83 bits per heavy atom. The SMILES string of the molecule is Cc1cc(N2CC(n3ccnn3)C2)nc2c1c(=O)c(C(=O)O)cn2-c1ncns1. The lowest BCUT2D eigenvalue weighted by Crippen LogP contribution is -2.48. The van der Waals surface area contributed by atoms with E-state index in [2.05, 4.69) is 29.6 Å². The van der Waals surface area contributed by atoms with Crippen molar-refractivity contribution in [3.05, 3.63) is 52.3 Å². The zero-order chi connectivity index (χ0) is 20.1. The molecule has 4 aromatic rings. The van der Waals surface area contributed by atoms with Crippen LogP contribution >= 0.6 is 11.5 Å². The first-order valence-corrected chi connectivity index (χ1v) is 9.48. The Balaban J connectivity index is 1.64. The van der Waals surface area contributed by atoms with Crippen LogP contribution in [0.1, 0.15) is 22.0 Å². The molecule has 5 heterocycles. The minimum Gasteiger partial charge on any atom is -0.477 e. The monoisotopic (exact) mass is 410 g/mol. The van der Waals surface area contributed by atoms with Gasteiger partial charge in [0.1, 0.15) is 17.7 Å². The van der Waals surface area contributed by atoms with Crippen molar-refractivity contribution in [2.75, 3.05) is 18.0 Å². The third-order valence-electron chi connectivity index (χ3n) is 4.93. The molecule has 0 aromatic carbocycles. The molecule has 0 radical (unpaired) electrons. The first kappa shape index (κ1) is 17.4. The van der Waals surface area contributed by atoms with Crippen LogP contribution in [0, 0.1) is 6.92 Å². The summed E-state index contributed by atoms with van der Waals surface area (Å²) in [4.78, 5) is 35.3. The van der Waals surface area contributed by atoms with E-state index in [0.717, 1.165) is 11.5 Å². The Hall–Kier alpha value is -3.67. The molecule has 0 atom stereocenters. The summed E-state index contributed by atoms with van der Waals surface area (Å²) in [6.07, 6.45) is 6.10. The van der Waals surface area contributed by atoms with Crippen LogP contribution in [0.15, 0.2) is 35.8 Å². The average molecular weight is 410 g/mol. The predicted molar refractivity (Wildman–Crippen MR) is 104 cm³/mol. The van der Waals surface area contributed by atoms with E-state index in [1.54, 1.807) is 23.9 Å². The zero-order valence-electron chi connectivity index (χ0n) is 15.1. The van der Waals surface area contributed by atoms with Crippen LogP contribution in [0.2, 0.25) is 0 Å². The maximum Gasteiger partial charge on any atom is 0.341 e. The molecule has 0 amide bonds. The minimum absolute atomic E-state index is 0.204. The number of carboxylic acids is 1. The predicted octanol–water partition coefficient (Wildman–Crippen LogP) is 0.897. The van der Waals surface area contributed by atoms with E-state index >= 15 is 0 Å². The highest BCUT2D eigenvalue weighted by Crippen LogP contribution is 2.29. The van der Waals surface area contributed by atoms with E-state index in [1.165, 1.54) is 17.1 Å². The summed E-state index contributed by atoms with van der Waals surface area (Å²) in [5.74, 6) is -0.593. The van der Waals surface area contributed by atoms with Crippen molar-refractivity contribution in [1.82, 2.24) is 33.9 Å². The second kappa shape index (κ2) is 6.44. The van der Waals surface area contributed by atoms with Gasteiger partial charge in [-0.05, 0) is 18.6 Å². The smallest absolute Gasteiger partial charge is 0.341 e. The number of pyridine rings is 2. The third-order valence-corrected chi connectivity index (χ3v) is 5.59. The molecule has 1 fully saturated rings. The van der Waals surface area contributed by atoms with Gasteiger partial charge in [-0.1, -0.05) is 5.21 Å². The first-order chi connectivity index (χ1) is 14.0. The quantitative estimate of drug-likeness (QED) is 0.521. The summed E-state index contributed by atoms with van der Waals surface area (Å²) in [7, 11) is 0. The number of fused-ring (bicyclic) bond motifs is 1. The normalized spacial score (nSPS) is 14.3. The molecule has 1 aliphatic heterocycles. The number of nitrogens with zero attached hydrogens (tertiary/aromatic N) is 8. The Bertz CT molecular complexity index is 1280. The van der Waals surface area contributed by atoms with Crippen molar-refractivity contribution >= 4 is 34.4 Å². The second-order valence-corrected chi connectivity index (χ2v) is 7.47. The van der Waals surface area contributed by atoms with Crippen LogP contribution in [0.3, 0.4) is 0 Å². The van der Waals surface area contributed by atoms with Gasteiger partial charge in [-0.3, -0.25) is 9.36 Å². The van der Waals surface area contributed by atoms with Gasteiger partial charge in [0.2, 0.25) is 10.6 Å². The second-order valence-electron chi connectivity index (χ2n) is 6.71. The largest absolute Gasteiger partial charge is 0.477 e. The van der Waals surface area contributed by atoms with E-state index in [9.17, 15) is 14.7 Å². The molecular formula is C17H14N8O3S. The molecule has 1 aliphatic rings. The van der Waals surface area contributed by atoms with Gasteiger partial charge < -0.3 is 10.0 Å². The van der Waals surface area contributed by atoms with Crippen LogP contribution < -0.4 is 10.3 Å². The summed E-state index contributed by atoms with van der Waals surface area (Å²) >= 11 is 1.09. The molecule has 0 aliphatic carbocycles. The fraction of sp³-hybridized carbons (Fsp3) is 0.235. The van der Waals surface area contributed by atoms with E-state index in [4.69, 9.17) is 0 Å². The molecule has 11 nitrogen and oxygen atoms in total. The van der Waals surface area contributed by atoms with E-state index in [1.807, 2.05) is 6.20 Å². The van der Waals surface area contributed by atoms with Crippen LogP contribution in [0.5, 0.6) is 0 Å². The van der Waals surface area contributed by atoms with Gasteiger partial charge >= 0.3 is 5.97 Å². The maximum absolute atomic E-state index is 12.8. The third kappa shape index (κ3) is 2.76. The number of hydrogen-bond donors (Lipinski definition) is 1. The molecule has 12 heteroatoms. The van der Waals surface area contributed by atoms with Crippen molar-refractivity contribution in [3.8, 4) is 5.13 Å². The van der Waals surface area contributed by atoms with Crippen molar-refractivity contribution in [1.29, 1.82) is 0 Å². The number of carbonyl (C=O) groups is 1. The van der Waals surface area contributed by atoms with Crippen LogP contribution in [-0.2, 0) is 0 Å². The highest BCUT2D eigenvalue weighted by Gasteiger charge is 2.31. The van der Waals surface area contributed by atoms with Crippen LogP contribution in [-0.4, -0.2) is 58.1 Å². The van der Waals surface area contributed by atoms with Gasteiger partial charge in [0.05, 0.1) is 17.6 Å². The number of anilines is 1. The molecular weight excluding hydrogens is 396 g/mol. The molecule has 0 spiro atoms. The van der Waals surface area contributed by atoms with E-state index < -0.39 is 11.4 Å². The van der Waals surface area contributed by atoms with Crippen molar-refractivity contribution < 1.29 is 9.90 Å². The van der Waals surface area contributed by atoms with Gasteiger partial charge in [-0.25, -0.2) is 19.4 Å². The number of aromatic carboxylic acids is 1. The van der Waals surface area contributed by atoms with Crippen LogP contribution in [0.4, 0.5) is 5.82 Å². The Labute approximate surface area is 167 Å². The van der Waals surface area contributed by atoms with E-state index in [-0.39, 0.29) is 17.0 Å². The average Bonchev–Trinajstić information content (AvgIpc) is 3.34. The Morgan fingerprint density at radius 2 is 2.17 bits per heavy atom. The minimum atomic E-state index is -1.29. The highest BCUT2D eigenvalue weighted by molar-refractivity contribution is 7.08. The van der Waals surface area contributed by atoms with Crippen LogP contribution in [0.25, 0.3) is 16.2 Å². The van der Waals surface area contributed by atoms with Gasteiger partial charge in [0.25, 0.3) is 0 Å². The fourth-order valence-electron chi connectivity index (χ4n) is 3.43. The summed E-state index contributed by atoms with van der Waals surface area (Å²) in [6.45, 7) is 3.19. The number of aryl methyl sites for hydroxylation is 1. The molecule has 146 valence electrons. The van der Waals surface area contributed by atoms with Crippen molar-refractivity contribution in [3.63, 3.8) is 0 Å². The summed E-state index contributed by atoms with van der Waals surface area (Å²) < 4.78 is 7.30. The molecule has 0 saturated carbocycles. The van der Waals surface area contributed by atoms with Crippen molar-refractivity contribution in [2.24, 2.45) is 0 Å². The zero-order valence-corrected chi connectivity index (χ0v) is 15.9. The van der Waals surface area contributed by atoms with Gasteiger partial charge in [0, 0.05) is 37.0 Å². The van der Waals surface area contributed by atoms with Gasteiger partial charge in [0.15, 0.2) is 5.65 Å². The van der Waals surface area contributed by atoms with Gasteiger partial charge in [-0.15, -0.1) is 5.10 Å². The maximum atomic E-state index is 12.8. The molecule has 0 bridgehead atoms. The number of rotatable bonds is 4. The molecule has 1 saturated heterocycles. The highest BCUT2D eigenvalue weighted by atomic mass is 32.1. The first-order valence-electron chi connectivity index (χ1n) is 8.71. The van der Waals surface area contributed by atoms with E-state index in [0.29, 0.717) is 35.2 Å². The Kier molecular flexibility index (Phi) is 3.87. The fourth-order valence-corrected chi connectivity index (χ4v) is 3.94. The Morgan fingerprint density at radius 1 is 1.34 bits per heavy atom. The lowest BCUT2D eigenvalue weighted by Gasteiger charge is -2.40. The molecule has 29 heavy (non-hydrogen) atoms. The topological polar surface area (TPSA) is 132 Å². The molecule has 1 N–H and O–H groups in total.